The molecule has 1 saturated heterocycles. The van der Waals surface area contributed by atoms with Gasteiger partial charge in [-0.05, 0) is 19.4 Å². The van der Waals surface area contributed by atoms with Crippen LogP contribution < -0.4 is 5.32 Å². The van der Waals surface area contributed by atoms with Gasteiger partial charge in [-0.1, -0.05) is 5.92 Å². The summed E-state index contributed by atoms with van der Waals surface area (Å²) < 4.78 is 0. The molecular weight excluding hydrogens is 208 g/mol. The summed E-state index contributed by atoms with van der Waals surface area (Å²) in [6, 6.07) is 0. The van der Waals surface area contributed by atoms with Gasteiger partial charge in [-0.2, -0.15) is 0 Å². The normalized spacial score (nSPS) is 19.8. The summed E-state index contributed by atoms with van der Waals surface area (Å²) in [7, 11) is 0. The molecule has 88 valence electrons. The molecule has 0 saturated carbocycles. The largest absolute Gasteiger partial charge is 0.480 e. The van der Waals surface area contributed by atoms with Crippen LogP contribution in [0, 0.1) is 18.3 Å². The molecule has 0 radical (unpaired) electrons. The minimum Gasteiger partial charge on any atom is -0.480 e. The molecule has 1 aliphatic heterocycles. The van der Waals surface area contributed by atoms with Crippen molar-refractivity contribution in [3.05, 3.63) is 0 Å². The number of carbonyl (C=O) groups is 2. The third kappa shape index (κ3) is 3.55. The monoisotopic (exact) mass is 224 g/mol. The number of piperidine rings is 1. The van der Waals surface area contributed by atoms with E-state index in [1.54, 1.807) is 0 Å². The van der Waals surface area contributed by atoms with Gasteiger partial charge in [-0.15, -0.1) is 6.42 Å². The maximum absolute atomic E-state index is 12.0. The Kier molecular flexibility index (Phi) is 4.80. The van der Waals surface area contributed by atoms with Gasteiger partial charge in [0.25, 0.3) is 0 Å². The van der Waals surface area contributed by atoms with Crippen molar-refractivity contribution in [2.45, 2.75) is 12.8 Å². The predicted molar refractivity (Wildman–Crippen MR) is 58.6 cm³/mol. The van der Waals surface area contributed by atoms with Crippen molar-refractivity contribution >= 4 is 11.9 Å². The number of carboxylic acid groups (broad SMARTS) is 1. The fraction of sp³-hybridized carbons (Fsp3) is 0.636. The van der Waals surface area contributed by atoms with Gasteiger partial charge in [0.1, 0.15) is 6.54 Å². The first-order valence-electron chi connectivity index (χ1n) is 5.30. The molecule has 0 unspecified atom stereocenters. The van der Waals surface area contributed by atoms with Crippen molar-refractivity contribution in [2.75, 3.05) is 26.2 Å². The third-order valence-corrected chi connectivity index (χ3v) is 2.57. The van der Waals surface area contributed by atoms with Crippen LogP contribution in [-0.2, 0) is 9.59 Å². The van der Waals surface area contributed by atoms with Crippen molar-refractivity contribution in [3.8, 4) is 12.3 Å². The predicted octanol–water partition coefficient (Wildman–Crippen LogP) is -0.468. The highest BCUT2D eigenvalue weighted by molar-refractivity contribution is 5.83. The number of carbonyl (C=O) groups excluding carboxylic acids is 1. The Labute approximate surface area is 94.8 Å². The fourth-order valence-corrected chi connectivity index (χ4v) is 1.81. The third-order valence-electron chi connectivity index (χ3n) is 2.57. The lowest BCUT2D eigenvalue weighted by atomic mass is 9.98. The molecule has 1 aliphatic rings. The van der Waals surface area contributed by atoms with Crippen LogP contribution in [0.5, 0.6) is 0 Å². The molecule has 0 aliphatic carbocycles. The van der Waals surface area contributed by atoms with E-state index >= 15 is 0 Å². The van der Waals surface area contributed by atoms with Gasteiger partial charge in [0.05, 0.1) is 12.5 Å². The molecule has 16 heavy (non-hydrogen) atoms. The summed E-state index contributed by atoms with van der Waals surface area (Å²) >= 11 is 0. The number of amides is 1. The summed E-state index contributed by atoms with van der Waals surface area (Å²) in [5.41, 5.74) is 0. The zero-order valence-electron chi connectivity index (χ0n) is 9.11. The molecule has 0 aromatic rings. The Hall–Kier alpha value is -1.54. The number of hydrogen-bond donors (Lipinski definition) is 2. The molecule has 0 aromatic carbocycles. The van der Waals surface area contributed by atoms with Crippen LogP contribution in [0.25, 0.3) is 0 Å². The van der Waals surface area contributed by atoms with Crippen molar-refractivity contribution in [2.24, 2.45) is 5.92 Å². The number of carboxylic acids is 1. The fourth-order valence-electron chi connectivity index (χ4n) is 1.81. The second-order valence-corrected chi connectivity index (χ2v) is 3.84. The first kappa shape index (κ1) is 12.5. The lowest BCUT2D eigenvalue weighted by Gasteiger charge is -2.27. The molecular formula is C11H16N2O3. The molecule has 1 amide bonds. The maximum atomic E-state index is 12.0. The number of nitrogens with zero attached hydrogens (tertiary/aromatic N) is 1. The SMILES string of the molecule is C#CCN(CC(=O)O)C(=O)[C@@H]1CCCNC1. The quantitative estimate of drug-likeness (QED) is 0.634. The summed E-state index contributed by atoms with van der Waals surface area (Å²) in [6.07, 6.45) is 6.86. The Bertz CT molecular complexity index is 303. The topological polar surface area (TPSA) is 69.6 Å². The van der Waals surface area contributed by atoms with Crippen LogP contribution in [-0.4, -0.2) is 48.1 Å². The molecule has 1 fully saturated rings. The molecule has 5 nitrogen and oxygen atoms in total. The minimum absolute atomic E-state index is 0.0572. The Balaban J connectivity index is 2.58. The highest BCUT2D eigenvalue weighted by Crippen LogP contribution is 2.13. The van der Waals surface area contributed by atoms with Crippen LogP contribution in [0.2, 0.25) is 0 Å². The lowest BCUT2D eigenvalue weighted by molar-refractivity contribution is -0.146. The van der Waals surface area contributed by atoms with Gasteiger partial charge in [-0.3, -0.25) is 9.59 Å². The highest BCUT2D eigenvalue weighted by Gasteiger charge is 2.26. The van der Waals surface area contributed by atoms with Crippen LogP contribution in [0.4, 0.5) is 0 Å². The van der Waals surface area contributed by atoms with E-state index in [0.29, 0.717) is 6.54 Å². The molecule has 0 aromatic heterocycles. The summed E-state index contributed by atoms with van der Waals surface area (Å²) in [5, 5.41) is 11.8. The van der Waals surface area contributed by atoms with Gasteiger partial charge < -0.3 is 15.3 Å². The molecule has 5 heteroatoms. The van der Waals surface area contributed by atoms with Crippen LogP contribution in [0.15, 0.2) is 0 Å². The lowest BCUT2D eigenvalue weighted by Crippen LogP contribution is -2.45. The second-order valence-electron chi connectivity index (χ2n) is 3.84. The van der Waals surface area contributed by atoms with E-state index in [9.17, 15) is 9.59 Å². The van der Waals surface area contributed by atoms with Crippen molar-refractivity contribution in [1.29, 1.82) is 0 Å². The van der Waals surface area contributed by atoms with Gasteiger partial charge in [0.15, 0.2) is 0 Å². The van der Waals surface area contributed by atoms with E-state index < -0.39 is 5.97 Å². The molecule has 2 N–H and O–H groups in total. The highest BCUT2D eigenvalue weighted by atomic mass is 16.4. The Morgan fingerprint density at radius 1 is 1.56 bits per heavy atom. The second kappa shape index (κ2) is 6.13. The summed E-state index contributed by atoms with van der Waals surface area (Å²) in [6.45, 7) is 1.26. The van der Waals surface area contributed by atoms with Gasteiger partial charge in [-0.25, -0.2) is 0 Å². The number of hydrogen-bond acceptors (Lipinski definition) is 3. The van der Waals surface area contributed by atoms with E-state index in [-0.39, 0.29) is 24.9 Å². The molecule has 1 heterocycles. The van der Waals surface area contributed by atoms with Crippen molar-refractivity contribution in [1.82, 2.24) is 10.2 Å². The standard InChI is InChI=1S/C11H16N2O3/c1-2-6-13(8-10(14)15)11(16)9-4-3-5-12-7-9/h1,9,12H,3-8H2,(H,14,15)/t9-/m1/s1. The van der Waals surface area contributed by atoms with E-state index in [4.69, 9.17) is 11.5 Å². The zero-order chi connectivity index (χ0) is 12.0. The molecule has 0 spiro atoms. The number of rotatable bonds is 4. The van der Waals surface area contributed by atoms with Gasteiger partial charge >= 0.3 is 5.97 Å². The average Bonchev–Trinajstić information content (AvgIpc) is 2.28. The first-order valence-corrected chi connectivity index (χ1v) is 5.30. The van der Waals surface area contributed by atoms with E-state index in [0.717, 1.165) is 19.4 Å². The number of nitrogens with one attached hydrogen (secondary N) is 1. The van der Waals surface area contributed by atoms with E-state index in [2.05, 4.69) is 11.2 Å². The Morgan fingerprint density at radius 3 is 2.81 bits per heavy atom. The molecule has 0 bridgehead atoms. The van der Waals surface area contributed by atoms with E-state index in [1.807, 2.05) is 0 Å². The zero-order valence-corrected chi connectivity index (χ0v) is 9.11. The smallest absolute Gasteiger partial charge is 0.323 e. The summed E-state index contributed by atoms with van der Waals surface area (Å²) in [5.74, 6) is 0.982. The van der Waals surface area contributed by atoms with Crippen LogP contribution >= 0.6 is 0 Å². The molecule has 1 atom stereocenters. The maximum Gasteiger partial charge on any atom is 0.323 e. The minimum atomic E-state index is -1.03. The summed E-state index contributed by atoms with van der Waals surface area (Å²) in [4.78, 5) is 23.8. The van der Waals surface area contributed by atoms with Crippen LogP contribution in [0.3, 0.4) is 0 Å². The van der Waals surface area contributed by atoms with E-state index in [1.165, 1.54) is 4.90 Å². The van der Waals surface area contributed by atoms with Crippen LogP contribution in [0.1, 0.15) is 12.8 Å². The van der Waals surface area contributed by atoms with Crippen molar-refractivity contribution in [3.63, 3.8) is 0 Å². The number of aliphatic carboxylic acids is 1. The van der Waals surface area contributed by atoms with Gasteiger partial charge in [0.2, 0.25) is 5.91 Å². The Morgan fingerprint density at radius 2 is 2.31 bits per heavy atom. The first-order chi connectivity index (χ1) is 7.65. The molecule has 1 rings (SSSR count). The number of terminal acetylenes is 1. The van der Waals surface area contributed by atoms with Crippen molar-refractivity contribution < 1.29 is 14.7 Å². The average molecular weight is 224 g/mol. The van der Waals surface area contributed by atoms with Gasteiger partial charge in [0, 0.05) is 6.54 Å².